The van der Waals surface area contributed by atoms with Crippen LogP contribution in [0.2, 0.25) is 0 Å². The van der Waals surface area contributed by atoms with E-state index in [2.05, 4.69) is 24.7 Å². The Morgan fingerprint density at radius 1 is 0.784 bits per heavy atom. The minimum absolute atomic E-state index is 0.0122. The number of rotatable bonds is 35. The Balaban J connectivity index is 0.800. The van der Waals surface area contributed by atoms with Gasteiger partial charge >= 0.3 is 21.3 Å². The van der Waals surface area contributed by atoms with E-state index in [0.717, 1.165) is 10.6 Å². The second-order valence-electron chi connectivity index (χ2n) is 19.7. The highest BCUT2D eigenvalue weighted by Crippen LogP contribution is 2.53. The molecule has 7 rings (SSSR count). The van der Waals surface area contributed by atoms with Gasteiger partial charge in [-0.3, -0.25) is 43.0 Å². The molecule has 3 heterocycles. The van der Waals surface area contributed by atoms with E-state index >= 15 is 0 Å². The number of nitrogens with one attached hydrogen (secondary N) is 3. The van der Waals surface area contributed by atoms with E-state index < -0.39 is 133 Å². The molecule has 486 valence electrons. The fourth-order valence-electron chi connectivity index (χ4n) is 9.63. The van der Waals surface area contributed by atoms with E-state index in [0.29, 0.717) is 6.42 Å². The Bertz CT molecular complexity index is 3880. The summed E-state index contributed by atoms with van der Waals surface area (Å²) in [5, 5.41) is 34.6. The van der Waals surface area contributed by atoms with Crippen LogP contribution in [-0.2, 0) is 88.0 Å². The van der Waals surface area contributed by atoms with Crippen molar-refractivity contribution in [2.75, 3.05) is 89.8 Å². The Hall–Kier alpha value is -5.58. The molecule has 1 saturated heterocycles. The summed E-state index contributed by atoms with van der Waals surface area (Å²) in [5.74, 6) is -2.70. The average Bonchev–Trinajstić information content (AvgIpc) is 0.829. The number of aryl methyl sites for hydroxylation is 1. The van der Waals surface area contributed by atoms with Gasteiger partial charge in [-0.15, -0.1) is 0 Å². The van der Waals surface area contributed by atoms with Gasteiger partial charge in [0.15, 0.2) is 27.4 Å². The van der Waals surface area contributed by atoms with Gasteiger partial charge in [0, 0.05) is 58.9 Å². The molecule has 2 aromatic carbocycles. The lowest BCUT2D eigenvalue weighted by molar-refractivity contribution is -0.270. The zero-order valence-corrected chi connectivity index (χ0v) is 50.5. The molecule has 0 radical (unpaired) electrons. The lowest BCUT2D eigenvalue weighted by Crippen LogP contribution is -2.38. The van der Waals surface area contributed by atoms with Crippen LogP contribution in [0.15, 0.2) is 67.7 Å². The Morgan fingerprint density at radius 3 is 2.07 bits per heavy atom. The van der Waals surface area contributed by atoms with Crippen molar-refractivity contribution in [3.63, 3.8) is 0 Å². The second-order valence-corrected chi connectivity index (χ2v) is 27.2. The Labute approximate surface area is 500 Å². The summed E-state index contributed by atoms with van der Waals surface area (Å²) < 4.78 is 161. The van der Waals surface area contributed by atoms with Crippen molar-refractivity contribution in [2.45, 2.75) is 79.0 Å². The number of nitrogens with two attached hydrogens (primary N) is 1. The van der Waals surface area contributed by atoms with Crippen LogP contribution in [0.25, 0.3) is 33.4 Å². The SMILES string of the molecule is N=c1ccc2c3c4c(ccc(S(=O)(=O)O)c4oc-2c1S(=O)(=O)CCCCCS(=O)(=O)O)C(OO)c1cc(C(=O)NCCOCCOCCOCCOCCC(=O)NCCCc2cn([C@@H]4O[C@H](COP(=O)(O)O)C(OP(=O)(O)O)[C@@H]4O)c(=O)nc2N)ccc1-3. The minimum atomic E-state index is -5.28. The van der Waals surface area contributed by atoms with E-state index in [1.807, 2.05) is 0 Å². The van der Waals surface area contributed by atoms with Crippen molar-refractivity contribution in [3.05, 3.63) is 86.8 Å². The van der Waals surface area contributed by atoms with Gasteiger partial charge in [0.1, 0.15) is 40.0 Å². The number of aliphatic hydroxyl groups is 1. The van der Waals surface area contributed by atoms with Crippen molar-refractivity contribution in [1.82, 2.24) is 20.2 Å². The molecule has 13 N–H and O–H groups in total. The minimum Gasteiger partial charge on any atom is -0.453 e. The summed E-state index contributed by atoms with van der Waals surface area (Å²) in [5.41, 5.74) is 5.53. The lowest BCUT2D eigenvalue weighted by atomic mass is 9.80. The van der Waals surface area contributed by atoms with Crippen molar-refractivity contribution < 1.29 is 125 Å². The summed E-state index contributed by atoms with van der Waals surface area (Å²) in [6.45, 7) is 0.536. The highest BCUT2D eigenvalue weighted by Gasteiger charge is 2.49. The number of carbonyl (C=O) groups is 2. The monoisotopic (exact) mass is 1340 g/mol. The number of hydrogen-bond donors (Lipinski definition) is 12. The highest BCUT2D eigenvalue weighted by molar-refractivity contribution is 7.91. The third-order valence-electron chi connectivity index (χ3n) is 13.5. The first-order valence-corrected chi connectivity index (χ1v) is 34.4. The molecule has 0 saturated carbocycles. The number of phosphoric acid groups is 2. The van der Waals surface area contributed by atoms with Crippen molar-refractivity contribution >= 4 is 74.3 Å². The smallest absolute Gasteiger partial charge is 0.453 e. The van der Waals surface area contributed by atoms with Crippen LogP contribution in [0.1, 0.15) is 71.5 Å². The molecular formula is C49H64N6O28P2S3. The predicted molar refractivity (Wildman–Crippen MR) is 301 cm³/mol. The second kappa shape index (κ2) is 30.0. The first-order valence-electron chi connectivity index (χ1n) is 26.6. The van der Waals surface area contributed by atoms with Crippen molar-refractivity contribution in [2.24, 2.45) is 0 Å². The number of hydrogen-bond acceptors (Lipinski definition) is 25. The maximum atomic E-state index is 13.9. The fourth-order valence-corrected chi connectivity index (χ4v) is 13.4. The summed E-state index contributed by atoms with van der Waals surface area (Å²) in [6.07, 6.45) is -6.98. The number of carbonyl (C=O) groups excluding carboxylic acids is 2. The first kappa shape index (κ1) is 69.9. The summed E-state index contributed by atoms with van der Waals surface area (Å²) in [6, 6.07) is 9.10. The number of nitrogens with zero attached hydrogens (tertiary/aromatic N) is 2. The largest absolute Gasteiger partial charge is 0.470 e. The molecule has 3 aromatic rings. The van der Waals surface area contributed by atoms with Crippen LogP contribution in [-0.4, -0.2) is 188 Å². The molecule has 39 heteroatoms. The highest BCUT2D eigenvalue weighted by atomic mass is 32.2. The van der Waals surface area contributed by atoms with E-state index in [1.165, 1.54) is 42.6 Å². The molecule has 1 fully saturated rings. The normalized spacial score (nSPS) is 18.0. The molecule has 2 unspecified atom stereocenters. The summed E-state index contributed by atoms with van der Waals surface area (Å²) in [4.78, 5) is 82.5. The molecule has 34 nitrogen and oxygen atoms in total. The van der Waals surface area contributed by atoms with Gasteiger partial charge in [-0.2, -0.15) is 21.8 Å². The third kappa shape index (κ3) is 18.5. The number of amides is 2. The van der Waals surface area contributed by atoms with E-state index in [4.69, 9.17) is 58.5 Å². The van der Waals surface area contributed by atoms with E-state index in [-0.39, 0.29) is 154 Å². The van der Waals surface area contributed by atoms with Gasteiger partial charge in [-0.05, 0) is 67.1 Å². The van der Waals surface area contributed by atoms with Gasteiger partial charge in [-0.1, -0.05) is 18.6 Å². The number of anilines is 1. The van der Waals surface area contributed by atoms with Crippen LogP contribution in [0.3, 0.4) is 0 Å². The van der Waals surface area contributed by atoms with Crippen LogP contribution >= 0.6 is 15.6 Å². The molecule has 88 heavy (non-hydrogen) atoms. The first-order chi connectivity index (χ1) is 41.4. The Kier molecular flexibility index (Phi) is 23.8. The number of sulfone groups is 1. The van der Waals surface area contributed by atoms with Gasteiger partial charge < -0.3 is 69.1 Å². The molecular weight excluding hydrogens is 1280 g/mol. The number of fused-ring (bicyclic) bond motifs is 4. The summed E-state index contributed by atoms with van der Waals surface area (Å²) in [7, 11) is -24.1. The zero-order chi connectivity index (χ0) is 64.4. The predicted octanol–water partition coefficient (Wildman–Crippen LogP) is 0.575. The number of ether oxygens (including phenoxy) is 5. The zero-order valence-electron chi connectivity index (χ0n) is 46.3. The molecule has 2 amide bonds. The molecule has 4 aliphatic rings. The van der Waals surface area contributed by atoms with Gasteiger partial charge in [0.2, 0.25) is 5.91 Å². The molecule has 2 aliphatic carbocycles. The van der Waals surface area contributed by atoms with Gasteiger partial charge in [0.25, 0.3) is 26.1 Å². The maximum absolute atomic E-state index is 13.9. The van der Waals surface area contributed by atoms with E-state index in [9.17, 15) is 73.5 Å². The van der Waals surface area contributed by atoms with Crippen LogP contribution in [0.4, 0.5) is 5.82 Å². The topological polar surface area (TPSA) is 528 Å². The molecule has 2 aliphatic heterocycles. The third-order valence-corrected chi connectivity index (χ3v) is 18.1. The molecule has 5 atom stereocenters. The van der Waals surface area contributed by atoms with E-state index in [1.54, 1.807) is 0 Å². The van der Waals surface area contributed by atoms with Gasteiger partial charge in [-0.25, -0.2) is 27.2 Å². The number of phosphoric ester groups is 2. The van der Waals surface area contributed by atoms with Gasteiger partial charge in [0.05, 0.1) is 76.3 Å². The number of aromatic nitrogens is 2. The van der Waals surface area contributed by atoms with Crippen molar-refractivity contribution in [3.8, 4) is 22.5 Å². The number of nitrogen functional groups attached to an aromatic ring is 1. The number of aliphatic hydroxyl groups excluding tert-OH is 1. The summed E-state index contributed by atoms with van der Waals surface area (Å²) >= 11 is 0. The number of benzene rings is 3. The standard InChI is InChI=1S/C49H64N6O28P2S3/c50-34-10-8-31-38-30-7-6-28(25-33(30)41(82-60)32-9-11-36(88(72,73)74)44(39(32)38)81-42(31)45(34)86(67,68)23-2-1-3-24-87(69,70)71)47(58)53-14-16-76-18-20-78-22-21-77-19-17-75-15-12-37(56)52-13-4-5-29-26-55(49(59)54-46(29)51)48-40(57)43(83-85(64,65)66)35(80-48)27-79-84(61,62)63/h6-11,25-26,35,40-41,43,48,50,57,60H,1-5,12-24,27H2,(H,52,56)(H,53,58)(H2,51,54,59)(H2,61,62,63)(H2,64,65,66)(H,69,70,71)(H,72,73,74)/t35-,40+,41?,43?,48-/m1/s1. The maximum Gasteiger partial charge on any atom is 0.470 e. The number of unbranched alkanes of at least 4 members (excludes halogenated alkanes) is 2. The fraction of sp³-hybridized carbons (Fsp3) is 0.490. The molecule has 1 aromatic heterocycles. The molecule has 0 bridgehead atoms. The average molecular weight is 1340 g/mol. The quantitative estimate of drug-likeness (QED) is 0.00659. The Morgan fingerprint density at radius 2 is 1.43 bits per heavy atom. The van der Waals surface area contributed by atoms with Crippen LogP contribution in [0, 0.1) is 5.41 Å². The van der Waals surface area contributed by atoms with Crippen molar-refractivity contribution in [1.29, 1.82) is 5.41 Å². The van der Waals surface area contributed by atoms with Crippen LogP contribution in [0.5, 0.6) is 0 Å². The molecule has 0 spiro atoms. The lowest BCUT2D eigenvalue weighted by Gasteiger charge is -2.29. The van der Waals surface area contributed by atoms with Crippen LogP contribution < -0.4 is 27.4 Å².